The highest BCUT2D eigenvalue weighted by molar-refractivity contribution is 5.79. The van der Waals surface area contributed by atoms with Crippen LogP contribution in [0, 0.1) is 11.3 Å². The van der Waals surface area contributed by atoms with Crippen LogP contribution in [-0.2, 0) is 4.79 Å². The van der Waals surface area contributed by atoms with E-state index in [-0.39, 0.29) is 17.2 Å². The first kappa shape index (κ1) is 13.2. The van der Waals surface area contributed by atoms with Gasteiger partial charge in [0.2, 0.25) is 5.91 Å². The Morgan fingerprint density at radius 1 is 1.43 bits per heavy atom. The fraction of sp³-hybridized carbons (Fsp3) is 0.750. The molecule has 0 aliphatic heterocycles. The number of allylic oxidation sites excluding steroid dienone is 2. The predicted molar refractivity (Wildman–Crippen MR) is 61.1 cm³/mol. The summed E-state index contributed by atoms with van der Waals surface area (Å²) in [6, 6.07) is 0. The third-order valence-corrected chi connectivity index (χ3v) is 2.32. The first-order valence-corrected chi connectivity index (χ1v) is 5.32. The van der Waals surface area contributed by atoms with E-state index in [1.807, 2.05) is 19.9 Å². The van der Waals surface area contributed by atoms with Crippen molar-refractivity contribution in [3.8, 4) is 0 Å². The molecule has 0 saturated carbocycles. The molecule has 82 valence electrons. The zero-order chi connectivity index (χ0) is 11.2. The third-order valence-electron chi connectivity index (χ3n) is 2.32. The molecule has 2 heteroatoms. The van der Waals surface area contributed by atoms with Gasteiger partial charge in [0.1, 0.15) is 0 Å². The molecule has 14 heavy (non-hydrogen) atoms. The van der Waals surface area contributed by atoms with Crippen LogP contribution in [0.2, 0.25) is 0 Å². The Morgan fingerprint density at radius 3 is 2.36 bits per heavy atom. The average Bonchev–Trinajstić information content (AvgIpc) is 2.03. The Morgan fingerprint density at radius 2 is 2.00 bits per heavy atom. The number of hydrogen-bond donors (Lipinski definition) is 1. The van der Waals surface area contributed by atoms with E-state index in [2.05, 4.69) is 32.2 Å². The van der Waals surface area contributed by atoms with Crippen LogP contribution in [0.5, 0.6) is 0 Å². The lowest BCUT2D eigenvalue weighted by molar-refractivity contribution is -0.128. The first-order valence-electron chi connectivity index (χ1n) is 5.32. The van der Waals surface area contributed by atoms with Crippen LogP contribution < -0.4 is 5.32 Å². The molecule has 0 fully saturated rings. The van der Waals surface area contributed by atoms with Crippen molar-refractivity contribution in [2.24, 2.45) is 11.3 Å². The normalized spacial score (nSPS) is 14.4. The molecule has 1 atom stereocenters. The average molecular weight is 197 g/mol. The Hall–Kier alpha value is -0.790. The minimum atomic E-state index is 0.0266. The molecule has 0 aliphatic rings. The molecule has 0 rings (SSSR count). The Balaban J connectivity index is 4.47. The van der Waals surface area contributed by atoms with Crippen molar-refractivity contribution in [1.29, 1.82) is 0 Å². The van der Waals surface area contributed by atoms with Gasteiger partial charge in [0.15, 0.2) is 0 Å². The smallest absolute Gasteiger partial charge is 0.223 e. The van der Waals surface area contributed by atoms with Crippen LogP contribution in [0.15, 0.2) is 12.2 Å². The van der Waals surface area contributed by atoms with Crippen molar-refractivity contribution in [3.05, 3.63) is 12.2 Å². The van der Waals surface area contributed by atoms with Crippen molar-refractivity contribution in [1.82, 2.24) is 5.32 Å². The Bertz CT molecular complexity index is 201. The lowest BCUT2D eigenvalue weighted by Gasteiger charge is -2.28. The van der Waals surface area contributed by atoms with Crippen molar-refractivity contribution < 1.29 is 4.79 Å². The van der Waals surface area contributed by atoms with Crippen LogP contribution in [0.1, 0.15) is 41.0 Å². The van der Waals surface area contributed by atoms with Gasteiger partial charge in [-0.1, -0.05) is 32.9 Å². The predicted octanol–water partition coefficient (Wildman–Crippen LogP) is 2.75. The van der Waals surface area contributed by atoms with Crippen molar-refractivity contribution >= 4 is 5.91 Å². The zero-order valence-electron chi connectivity index (χ0n) is 10.1. The summed E-state index contributed by atoms with van der Waals surface area (Å²) in [5.74, 6) is 0.233. The summed E-state index contributed by atoms with van der Waals surface area (Å²) in [6.45, 7) is 11.0. The maximum atomic E-state index is 11.8. The highest BCUT2D eigenvalue weighted by Crippen LogP contribution is 2.29. The van der Waals surface area contributed by atoms with Gasteiger partial charge in [-0.05, 0) is 25.7 Å². The molecule has 1 N–H and O–H groups in total. The summed E-state index contributed by atoms with van der Waals surface area (Å²) in [6.07, 6.45) is 4.88. The standard InChI is InChI=1S/C12H23NO/c1-6-8-9-10(12(3,4)5)11(14)13-7-2/h6,8,10H,7,9H2,1-5H3,(H,13,14)/b8-6+. The van der Waals surface area contributed by atoms with Crippen LogP contribution in [0.25, 0.3) is 0 Å². The molecule has 0 radical (unpaired) electrons. The van der Waals surface area contributed by atoms with Gasteiger partial charge >= 0.3 is 0 Å². The number of rotatable bonds is 4. The molecule has 0 heterocycles. The minimum absolute atomic E-state index is 0.0266. The number of amides is 1. The molecular formula is C12H23NO. The Kier molecular flexibility index (Phi) is 5.51. The van der Waals surface area contributed by atoms with Gasteiger partial charge in [-0.3, -0.25) is 4.79 Å². The fourth-order valence-electron chi connectivity index (χ4n) is 1.42. The second kappa shape index (κ2) is 5.84. The zero-order valence-corrected chi connectivity index (χ0v) is 10.1. The second-order valence-electron chi connectivity index (χ2n) is 4.62. The number of carbonyl (C=O) groups excluding carboxylic acids is 1. The lowest BCUT2D eigenvalue weighted by atomic mass is 9.78. The van der Waals surface area contributed by atoms with Crippen molar-refractivity contribution in [2.45, 2.75) is 41.0 Å². The second-order valence-corrected chi connectivity index (χ2v) is 4.62. The highest BCUT2D eigenvalue weighted by atomic mass is 16.1. The molecule has 0 aromatic rings. The van der Waals surface area contributed by atoms with E-state index in [9.17, 15) is 4.79 Å². The summed E-state index contributed by atoms with van der Waals surface area (Å²) in [5.41, 5.74) is 0.0266. The topological polar surface area (TPSA) is 29.1 Å². The first-order chi connectivity index (χ1) is 6.43. The number of hydrogen-bond acceptors (Lipinski definition) is 1. The fourth-order valence-corrected chi connectivity index (χ4v) is 1.42. The van der Waals surface area contributed by atoms with E-state index in [4.69, 9.17) is 0 Å². The lowest BCUT2D eigenvalue weighted by Crippen LogP contribution is -2.37. The SMILES string of the molecule is C/C=C/CC(C(=O)NCC)C(C)(C)C. The molecule has 0 saturated heterocycles. The molecule has 1 unspecified atom stereocenters. The van der Waals surface area contributed by atoms with E-state index in [1.165, 1.54) is 0 Å². The molecule has 0 spiro atoms. The van der Waals surface area contributed by atoms with E-state index in [1.54, 1.807) is 0 Å². The maximum Gasteiger partial charge on any atom is 0.223 e. The van der Waals surface area contributed by atoms with Gasteiger partial charge in [-0.15, -0.1) is 0 Å². The molecule has 0 aromatic heterocycles. The van der Waals surface area contributed by atoms with Gasteiger partial charge in [-0.25, -0.2) is 0 Å². The largest absolute Gasteiger partial charge is 0.356 e. The van der Waals surface area contributed by atoms with Crippen LogP contribution >= 0.6 is 0 Å². The minimum Gasteiger partial charge on any atom is -0.356 e. The van der Waals surface area contributed by atoms with Crippen LogP contribution in [-0.4, -0.2) is 12.5 Å². The van der Waals surface area contributed by atoms with Crippen molar-refractivity contribution in [3.63, 3.8) is 0 Å². The molecule has 0 bridgehead atoms. The van der Waals surface area contributed by atoms with E-state index < -0.39 is 0 Å². The third kappa shape index (κ3) is 4.45. The molecule has 2 nitrogen and oxygen atoms in total. The quantitative estimate of drug-likeness (QED) is 0.690. The Labute approximate surface area is 87.8 Å². The summed E-state index contributed by atoms with van der Waals surface area (Å²) >= 11 is 0. The number of carbonyl (C=O) groups is 1. The van der Waals surface area contributed by atoms with Gasteiger partial charge in [0.05, 0.1) is 0 Å². The molecule has 0 aliphatic carbocycles. The monoisotopic (exact) mass is 197 g/mol. The molecule has 1 amide bonds. The van der Waals surface area contributed by atoms with E-state index in [0.717, 1.165) is 6.42 Å². The van der Waals surface area contributed by atoms with Gasteiger partial charge in [0, 0.05) is 12.5 Å². The maximum absolute atomic E-state index is 11.8. The summed E-state index contributed by atoms with van der Waals surface area (Å²) < 4.78 is 0. The summed E-state index contributed by atoms with van der Waals surface area (Å²) in [4.78, 5) is 11.8. The van der Waals surface area contributed by atoms with Gasteiger partial charge in [0.25, 0.3) is 0 Å². The van der Waals surface area contributed by atoms with Gasteiger partial charge in [-0.2, -0.15) is 0 Å². The summed E-state index contributed by atoms with van der Waals surface area (Å²) in [7, 11) is 0. The summed E-state index contributed by atoms with van der Waals surface area (Å²) in [5, 5.41) is 2.89. The van der Waals surface area contributed by atoms with E-state index in [0.29, 0.717) is 6.54 Å². The van der Waals surface area contributed by atoms with Crippen LogP contribution in [0.3, 0.4) is 0 Å². The molecular weight excluding hydrogens is 174 g/mol. The highest BCUT2D eigenvalue weighted by Gasteiger charge is 2.29. The molecule has 0 aromatic carbocycles. The number of nitrogens with one attached hydrogen (secondary N) is 1. The van der Waals surface area contributed by atoms with Crippen LogP contribution in [0.4, 0.5) is 0 Å². The van der Waals surface area contributed by atoms with E-state index >= 15 is 0 Å². The van der Waals surface area contributed by atoms with Gasteiger partial charge < -0.3 is 5.32 Å². The van der Waals surface area contributed by atoms with Crippen molar-refractivity contribution in [2.75, 3.05) is 6.54 Å².